The maximum Gasteiger partial charge on any atom is 0.0492 e. The van der Waals surface area contributed by atoms with Gasteiger partial charge in [-0.25, -0.2) is 0 Å². The van der Waals surface area contributed by atoms with Crippen LogP contribution in [-0.2, 0) is 6.54 Å². The predicted molar refractivity (Wildman–Crippen MR) is 56.3 cm³/mol. The summed E-state index contributed by atoms with van der Waals surface area (Å²) in [5.74, 6) is 1.36. The second-order valence-electron chi connectivity index (χ2n) is 4.59. The van der Waals surface area contributed by atoms with E-state index in [1.165, 1.54) is 29.8 Å². The number of fused-ring (bicyclic) bond motifs is 1. The van der Waals surface area contributed by atoms with Gasteiger partial charge in [0.15, 0.2) is 0 Å². The lowest BCUT2D eigenvalue weighted by Gasteiger charge is -2.22. The molecule has 1 aliphatic heterocycles. The minimum absolute atomic E-state index is 0.581. The monoisotopic (exact) mass is 188 g/mol. The second kappa shape index (κ2) is 3.06. The van der Waals surface area contributed by atoms with Crippen molar-refractivity contribution in [1.82, 2.24) is 10.3 Å². The van der Waals surface area contributed by atoms with Gasteiger partial charge in [0.05, 0.1) is 0 Å². The van der Waals surface area contributed by atoms with Crippen LogP contribution in [0, 0.1) is 0 Å². The molecular formula is C12H16N2. The van der Waals surface area contributed by atoms with Gasteiger partial charge in [0.2, 0.25) is 0 Å². The lowest BCUT2D eigenvalue weighted by atomic mass is 9.97. The number of hydrogen-bond donors (Lipinski definition) is 1. The number of pyridine rings is 1. The van der Waals surface area contributed by atoms with E-state index in [1.807, 2.05) is 0 Å². The highest BCUT2D eigenvalue weighted by Gasteiger charge is 2.27. The van der Waals surface area contributed by atoms with Crippen molar-refractivity contribution in [3.63, 3.8) is 0 Å². The van der Waals surface area contributed by atoms with E-state index < -0.39 is 0 Å². The largest absolute Gasteiger partial charge is 0.312 e. The van der Waals surface area contributed by atoms with Crippen LogP contribution in [0.25, 0.3) is 0 Å². The zero-order valence-corrected chi connectivity index (χ0v) is 8.59. The first-order valence-corrected chi connectivity index (χ1v) is 5.55. The van der Waals surface area contributed by atoms with E-state index in [0.29, 0.717) is 5.92 Å². The van der Waals surface area contributed by atoms with Gasteiger partial charge in [-0.15, -0.1) is 0 Å². The van der Waals surface area contributed by atoms with Crippen molar-refractivity contribution in [2.24, 2.45) is 0 Å². The fourth-order valence-corrected chi connectivity index (χ4v) is 2.22. The number of nitrogens with zero attached hydrogens (tertiary/aromatic N) is 1. The van der Waals surface area contributed by atoms with Crippen molar-refractivity contribution in [1.29, 1.82) is 0 Å². The number of aromatic nitrogens is 1. The molecule has 0 spiro atoms. The first kappa shape index (κ1) is 8.42. The molecule has 0 radical (unpaired) electrons. The van der Waals surface area contributed by atoms with Crippen LogP contribution in [0.1, 0.15) is 48.6 Å². The van der Waals surface area contributed by atoms with Gasteiger partial charge < -0.3 is 5.32 Å². The molecule has 1 aliphatic carbocycles. The van der Waals surface area contributed by atoms with Gasteiger partial charge in [-0.2, -0.15) is 0 Å². The van der Waals surface area contributed by atoms with Crippen molar-refractivity contribution < 1.29 is 0 Å². The lowest BCUT2D eigenvalue weighted by Crippen LogP contribution is -2.27. The summed E-state index contributed by atoms with van der Waals surface area (Å²) in [6.07, 6.45) is 2.69. The SMILES string of the molecule is CC1CNCc2ccc(C3CC3)nc21. The third kappa shape index (κ3) is 1.34. The highest BCUT2D eigenvalue weighted by molar-refractivity contribution is 5.30. The Kier molecular flexibility index (Phi) is 1.84. The smallest absolute Gasteiger partial charge is 0.0492 e. The maximum atomic E-state index is 4.82. The minimum atomic E-state index is 0.581. The molecule has 1 aromatic heterocycles. The third-order valence-corrected chi connectivity index (χ3v) is 3.26. The standard InChI is InChI=1S/C12H16N2/c1-8-6-13-7-10-4-5-11(9-2-3-9)14-12(8)10/h4-5,8-9,13H,2-3,6-7H2,1H3. The Morgan fingerprint density at radius 3 is 3.00 bits per heavy atom. The molecule has 1 aromatic rings. The van der Waals surface area contributed by atoms with E-state index in [4.69, 9.17) is 4.98 Å². The van der Waals surface area contributed by atoms with Crippen LogP contribution in [-0.4, -0.2) is 11.5 Å². The molecular weight excluding hydrogens is 172 g/mol. The summed E-state index contributed by atoms with van der Waals surface area (Å²) in [6.45, 7) is 4.33. The molecule has 1 N–H and O–H groups in total. The Hall–Kier alpha value is -0.890. The van der Waals surface area contributed by atoms with Crippen LogP contribution in [0.15, 0.2) is 12.1 Å². The van der Waals surface area contributed by atoms with E-state index in [2.05, 4.69) is 24.4 Å². The highest BCUT2D eigenvalue weighted by Crippen LogP contribution is 2.39. The average Bonchev–Trinajstić information content (AvgIpc) is 3.01. The van der Waals surface area contributed by atoms with E-state index in [1.54, 1.807) is 0 Å². The second-order valence-corrected chi connectivity index (χ2v) is 4.59. The molecule has 2 nitrogen and oxygen atoms in total. The Morgan fingerprint density at radius 1 is 1.36 bits per heavy atom. The van der Waals surface area contributed by atoms with Gasteiger partial charge in [-0.3, -0.25) is 4.98 Å². The number of rotatable bonds is 1. The Balaban J connectivity index is 2.01. The summed E-state index contributed by atoms with van der Waals surface area (Å²) in [5.41, 5.74) is 4.07. The van der Waals surface area contributed by atoms with Gasteiger partial charge >= 0.3 is 0 Å². The first-order chi connectivity index (χ1) is 6.84. The Bertz CT molecular complexity index is 355. The lowest BCUT2D eigenvalue weighted by molar-refractivity contribution is 0.554. The van der Waals surface area contributed by atoms with E-state index in [9.17, 15) is 0 Å². The average molecular weight is 188 g/mol. The molecule has 2 aliphatic rings. The Morgan fingerprint density at radius 2 is 2.21 bits per heavy atom. The number of nitrogens with one attached hydrogen (secondary N) is 1. The van der Waals surface area contributed by atoms with Gasteiger partial charge in [0.25, 0.3) is 0 Å². The minimum Gasteiger partial charge on any atom is -0.312 e. The van der Waals surface area contributed by atoms with Crippen molar-refractivity contribution in [2.45, 2.75) is 38.1 Å². The summed E-state index contributed by atoms with van der Waals surface area (Å²) >= 11 is 0. The van der Waals surface area contributed by atoms with Gasteiger partial charge in [-0.1, -0.05) is 13.0 Å². The molecule has 1 saturated carbocycles. The van der Waals surface area contributed by atoms with Crippen LogP contribution in [0.4, 0.5) is 0 Å². The quantitative estimate of drug-likeness (QED) is 0.730. The normalized spacial score (nSPS) is 25.9. The molecule has 74 valence electrons. The fraction of sp³-hybridized carbons (Fsp3) is 0.583. The van der Waals surface area contributed by atoms with Crippen LogP contribution < -0.4 is 5.32 Å². The van der Waals surface area contributed by atoms with Crippen molar-refractivity contribution in [3.8, 4) is 0 Å². The molecule has 1 unspecified atom stereocenters. The topological polar surface area (TPSA) is 24.9 Å². The fourth-order valence-electron chi connectivity index (χ4n) is 2.22. The molecule has 14 heavy (non-hydrogen) atoms. The molecule has 0 amide bonds. The molecule has 0 aromatic carbocycles. The van der Waals surface area contributed by atoms with E-state index in [0.717, 1.165) is 19.0 Å². The Labute approximate surface area is 84.7 Å². The summed E-state index contributed by atoms with van der Waals surface area (Å²) in [7, 11) is 0. The van der Waals surface area contributed by atoms with Crippen LogP contribution >= 0.6 is 0 Å². The predicted octanol–water partition coefficient (Wildman–Crippen LogP) is 2.17. The van der Waals surface area contributed by atoms with Crippen LogP contribution in [0.2, 0.25) is 0 Å². The first-order valence-electron chi connectivity index (χ1n) is 5.55. The third-order valence-electron chi connectivity index (χ3n) is 3.26. The molecule has 3 rings (SSSR count). The van der Waals surface area contributed by atoms with Crippen LogP contribution in [0.5, 0.6) is 0 Å². The molecule has 0 saturated heterocycles. The highest BCUT2D eigenvalue weighted by atomic mass is 14.9. The zero-order chi connectivity index (χ0) is 9.54. The van der Waals surface area contributed by atoms with Gasteiger partial charge in [0.1, 0.15) is 0 Å². The van der Waals surface area contributed by atoms with E-state index >= 15 is 0 Å². The summed E-state index contributed by atoms with van der Waals surface area (Å²) in [6, 6.07) is 4.48. The van der Waals surface area contributed by atoms with Crippen molar-refractivity contribution in [2.75, 3.05) is 6.54 Å². The van der Waals surface area contributed by atoms with Crippen LogP contribution in [0.3, 0.4) is 0 Å². The summed E-state index contributed by atoms with van der Waals surface area (Å²) in [4.78, 5) is 4.82. The number of hydrogen-bond acceptors (Lipinski definition) is 2. The molecule has 2 heteroatoms. The summed E-state index contributed by atoms with van der Waals surface area (Å²) < 4.78 is 0. The van der Waals surface area contributed by atoms with Crippen molar-refractivity contribution >= 4 is 0 Å². The molecule has 0 bridgehead atoms. The zero-order valence-electron chi connectivity index (χ0n) is 8.59. The van der Waals surface area contributed by atoms with Crippen molar-refractivity contribution in [3.05, 3.63) is 29.1 Å². The molecule has 1 atom stereocenters. The van der Waals surface area contributed by atoms with E-state index in [-0.39, 0.29) is 0 Å². The summed E-state index contributed by atoms with van der Waals surface area (Å²) in [5, 5.41) is 3.42. The molecule has 1 fully saturated rings. The molecule has 2 heterocycles. The van der Waals surface area contributed by atoms with Gasteiger partial charge in [0, 0.05) is 36.3 Å². The maximum absolute atomic E-state index is 4.82. The van der Waals surface area contributed by atoms with Gasteiger partial charge in [-0.05, 0) is 24.5 Å².